The molecule has 3 aromatic heterocycles. The molecule has 0 aliphatic carbocycles. The molecule has 0 fully saturated rings. The molecule has 0 bridgehead atoms. The van der Waals surface area contributed by atoms with E-state index in [1.54, 1.807) is 0 Å². The maximum absolute atomic E-state index is 11.7. The molecule has 1 N–H and O–H groups in total. The number of aromatic nitrogens is 4. The zero-order valence-corrected chi connectivity index (χ0v) is 26.0. The molecule has 6 aromatic rings. The van der Waals surface area contributed by atoms with Crippen molar-refractivity contribution in [1.82, 2.24) is 19.5 Å². The van der Waals surface area contributed by atoms with Crippen LogP contribution in [0.2, 0.25) is 0 Å². The van der Waals surface area contributed by atoms with Gasteiger partial charge in [0.2, 0.25) is 0 Å². The van der Waals surface area contributed by atoms with E-state index in [0.717, 1.165) is 61.2 Å². The van der Waals surface area contributed by atoms with Crippen LogP contribution >= 0.6 is 0 Å². The van der Waals surface area contributed by atoms with Crippen LogP contribution in [-0.4, -0.2) is 24.6 Å². The molecule has 0 radical (unpaired) electrons. The Bertz CT molecular complexity index is 1890. The molecule has 216 valence electrons. The zero-order chi connectivity index (χ0) is 30.5. The lowest BCUT2D eigenvalue weighted by atomic mass is 9.79. The van der Waals surface area contributed by atoms with Crippen LogP contribution in [0.5, 0.6) is 5.75 Å². The van der Waals surface area contributed by atoms with Crippen molar-refractivity contribution in [3.8, 4) is 50.6 Å². The van der Waals surface area contributed by atoms with E-state index in [9.17, 15) is 5.11 Å². The number of phenols is 1. The summed E-state index contributed by atoms with van der Waals surface area (Å²) in [6.07, 6.45) is 5.56. The largest absolute Gasteiger partial charge is 0.507 e. The number of phenolic OH excluding ortho intramolecular Hbond substituents is 1. The van der Waals surface area contributed by atoms with Crippen molar-refractivity contribution in [3.63, 3.8) is 0 Å². The van der Waals surface area contributed by atoms with Gasteiger partial charge in [0.05, 0.1) is 23.0 Å². The molecular formula is C38H38N4O. The van der Waals surface area contributed by atoms with Crippen LogP contribution in [0.15, 0.2) is 97.5 Å². The van der Waals surface area contributed by atoms with E-state index >= 15 is 0 Å². The molecule has 43 heavy (non-hydrogen) atoms. The summed E-state index contributed by atoms with van der Waals surface area (Å²) in [6.45, 7) is 13.0. The lowest BCUT2D eigenvalue weighted by Crippen LogP contribution is -2.17. The van der Waals surface area contributed by atoms with Gasteiger partial charge in [0.25, 0.3) is 0 Å². The number of nitrogens with zero attached hydrogens (tertiary/aromatic N) is 4. The molecule has 0 aliphatic rings. The number of hydrogen-bond donors (Lipinski definition) is 1. The number of aromatic hydroxyl groups is 1. The second kappa shape index (κ2) is 10.5. The van der Waals surface area contributed by atoms with E-state index in [4.69, 9.17) is 4.98 Å². The highest BCUT2D eigenvalue weighted by Gasteiger charge is 2.27. The minimum atomic E-state index is -0.239. The summed E-state index contributed by atoms with van der Waals surface area (Å²) in [5.41, 5.74) is 10.3. The smallest absolute Gasteiger partial charge is 0.144 e. The minimum Gasteiger partial charge on any atom is -0.507 e. The first-order chi connectivity index (χ1) is 20.4. The fourth-order valence-corrected chi connectivity index (χ4v) is 5.62. The topological polar surface area (TPSA) is 63.8 Å². The number of rotatable bonds is 4. The van der Waals surface area contributed by atoms with Gasteiger partial charge in [0, 0.05) is 36.1 Å². The normalized spacial score (nSPS) is 12.2. The predicted octanol–water partition coefficient (Wildman–Crippen LogP) is 9.33. The standard InChI is InChI=1S/C38H38N4O/c1-37(2,3)28-20-29(35(43)31(21-28)38(4,5)6)36-41-34-30(22-39-23-33(34)42(36)7)26-17-25(24-13-9-8-10-14-24)18-27(19-26)32-15-11-12-16-40-32/h8-23,43H,1-7H3. The Balaban J connectivity index is 1.60. The van der Waals surface area contributed by atoms with Gasteiger partial charge in [-0.15, -0.1) is 0 Å². The lowest BCUT2D eigenvalue weighted by molar-refractivity contribution is 0.446. The van der Waals surface area contributed by atoms with Gasteiger partial charge in [-0.25, -0.2) is 4.98 Å². The molecule has 6 rings (SSSR count). The first-order valence-corrected chi connectivity index (χ1v) is 14.7. The third kappa shape index (κ3) is 5.32. The monoisotopic (exact) mass is 566 g/mol. The Labute approximate surface area is 253 Å². The van der Waals surface area contributed by atoms with E-state index in [1.165, 1.54) is 0 Å². The number of fused-ring (bicyclic) bond motifs is 1. The van der Waals surface area contributed by atoms with Crippen molar-refractivity contribution < 1.29 is 5.11 Å². The summed E-state index contributed by atoms with van der Waals surface area (Å²) in [5.74, 6) is 0.986. The summed E-state index contributed by atoms with van der Waals surface area (Å²) in [5, 5.41) is 11.7. The minimum absolute atomic E-state index is 0.0977. The number of pyridine rings is 2. The summed E-state index contributed by atoms with van der Waals surface area (Å²) in [7, 11) is 2.00. The molecule has 0 spiro atoms. The Hall–Kier alpha value is -4.77. The SMILES string of the molecule is Cn1c(-c2cc(C(C)(C)C)cc(C(C)(C)C)c2O)nc2c(-c3cc(-c4ccccc4)cc(-c4ccccn4)c3)cncc21. The summed E-state index contributed by atoms with van der Waals surface area (Å²) < 4.78 is 2.04. The van der Waals surface area contributed by atoms with Gasteiger partial charge < -0.3 is 9.67 Å². The van der Waals surface area contributed by atoms with Gasteiger partial charge >= 0.3 is 0 Å². The van der Waals surface area contributed by atoms with Crippen LogP contribution in [0.4, 0.5) is 0 Å². The van der Waals surface area contributed by atoms with Crippen molar-refractivity contribution in [2.45, 2.75) is 52.4 Å². The average Bonchev–Trinajstić information content (AvgIpc) is 3.33. The molecule has 0 atom stereocenters. The molecule has 5 nitrogen and oxygen atoms in total. The molecule has 0 aliphatic heterocycles. The second-order valence-corrected chi connectivity index (χ2v) is 13.3. The van der Waals surface area contributed by atoms with Crippen LogP contribution in [0.25, 0.3) is 55.9 Å². The van der Waals surface area contributed by atoms with Gasteiger partial charge in [0.1, 0.15) is 17.1 Å². The first kappa shape index (κ1) is 28.4. The van der Waals surface area contributed by atoms with Crippen molar-refractivity contribution >= 4 is 11.0 Å². The summed E-state index contributed by atoms with van der Waals surface area (Å²) in [4.78, 5) is 14.5. The van der Waals surface area contributed by atoms with Gasteiger partial charge in [-0.05, 0) is 69.5 Å². The van der Waals surface area contributed by atoms with Crippen molar-refractivity contribution in [3.05, 3.63) is 109 Å². The Morgan fingerprint density at radius 2 is 1.37 bits per heavy atom. The maximum atomic E-state index is 11.7. The van der Waals surface area contributed by atoms with Gasteiger partial charge in [-0.1, -0.05) is 84.0 Å². The van der Waals surface area contributed by atoms with E-state index < -0.39 is 0 Å². The van der Waals surface area contributed by atoms with Crippen molar-refractivity contribution in [2.75, 3.05) is 0 Å². The summed E-state index contributed by atoms with van der Waals surface area (Å²) in [6, 6.07) is 27.1. The molecular weight excluding hydrogens is 528 g/mol. The highest BCUT2D eigenvalue weighted by molar-refractivity contribution is 5.95. The van der Waals surface area contributed by atoms with Gasteiger partial charge in [-0.3, -0.25) is 9.97 Å². The maximum Gasteiger partial charge on any atom is 0.144 e. The average molecular weight is 567 g/mol. The first-order valence-electron chi connectivity index (χ1n) is 14.7. The highest BCUT2D eigenvalue weighted by Crippen LogP contribution is 2.43. The van der Waals surface area contributed by atoms with Crippen molar-refractivity contribution in [1.29, 1.82) is 0 Å². The number of benzene rings is 3. The Morgan fingerprint density at radius 1 is 0.674 bits per heavy atom. The molecule has 3 heterocycles. The summed E-state index contributed by atoms with van der Waals surface area (Å²) >= 11 is 0. The Morgan fingerprint density at radius 3 is 2.05 bits per heavy atom. The van der Waals surface area contributed by atoms with Gasteiger partial charge in [-0.2, -0.15) is 0 Å². The third-order valence-electron chi connectivity index (χ3n) is 8.13. The number of hydrogen-bond acceptors (Lipinski definition) is 4. The highest BCUT2D eigenvalue weighted by atomic mass is 16.3. The fourth-order valence-electron chi connectivity index (χ4n) is 5.62. The molecule has 5 heteroatoms. The van der Waals surface area contributed by atoms with Crippen LogP contribution < -0.4 is 0 Å². The molecule has 0 saturated carbocycles. The third-order valence-corrected chi connectivity index (χ3v) is 8.13. The van der Waals surface area contributed by atoms with E-state index in [0.29, 0.717) is 5.82 Å². The molecule has 0 saturated heterocycles. The van der Waals surface area contributed by atoms with Gasteiger partial charge in [0.15, 0.2) is 0 Å². The molecule has 0 unspecified atom stereocenters. The fraction of sp³-hybridized carbons (Fsp3) is 0.237. The van der Waals surface area contributed by atoms with Crippen LogP contribution in [0.3, 0.4) is 0 Å². The van der Waals surface area contributed by atoms with E-state index in [2.05, 4.69) is 106 Å². The lowest BCUT2D eigenvalue weighted by Gasteiger charge is -2.27. The molecule has 3 aromatic carbocycles. The van der Waals surface area contributed by atoms with Crippen LogP contribution in [0, 0.1) is 0 Å². The van der Waals surface area contributed by atoms with E-state index in [-0.39, 0.29) is 16.6 Å². The van der Waals surface area contributed by atoms with Crippen LogP contribution in [-0.2, 0) is 17.9 Å². The van der Waals surface area contributed by atoms with Crippen LogP contribution in [0.1, 0.15) is 52.7 Å². The number of imidazole rings is 1. The van der Waals surface area contributed by atoms with Crippen molar-refractivity contribution in [2.24, 2.45) is 7.05 Å². The number of aryl methyl sites for hydroxylation is 1. The Kier molecular flexibility index (Phi) is 6.92. The zero-order valence-electron chi connectivity index (χ0n) is 26.0. The second-order valence-electron chi connectivity index (χ2n) is 13.3. The quantitative estimate of drug-likeness (QED) is 0.231. The van der Waals surface area contributed by atoms with E-state index in [1.807, 2.05) is 54.5 Å². The predicted molar refractivity (Wildman–Crippen MR) is 177 cm³/mol. The molecule has 0 amide bonds.